The zero-order valence-corrected chi connectivity index (χ0v) is 14.1. The Hall–Kier alpha value is -1.88. The Morgan fingerprint density at radius 1 is 1.33 bits per heavy atom. The van der Waals surface area contributed by atoms with Crippen molar-refractivity contribution in [2.75, 3.05) is 0 Å². The number of pyridine rings is 1. The fourth-order valence-corrected chi connectivity index (χ4v) is 3.57. The highest BCUT2D eigenvalue weighted by Crippen LogP contribution is 2.28. The molecule has 24 heavy (non-hydrogen) atoms. The van der Waals surface area contributed by atoms with Crippen LogP contribution in [0.4, 0.5) is 8.78 Å². The zero-order valence-electron chi connectivity index (χ0n) is 11.7. The van der Waals surface area contributed by atoms with Crippen LogP contribution in [0.1, 0.15) is 5.01 Å². The molecule has 1 aromatic carbocycles. The Morgan fingerprint density at radius 3 is 2.79 bits per heavy atom. The van der Waals surface area contributed by atoms with Crippen LogP contribution in [-0.2, 0) is 16.6 Å². The Balaban J connectivity index is 1.88. The SMILES string of the molecule is NS(=O)(=O)c1c(F)ccc(OCc2nc3cc(Cl)cnc3s2)c1F. The first-order chi connectivity index (χ1) is 11.3. The number of nitrogens with two attached hydrogens (primary N) is 1. The number of thiazole rings is 1. The van der Waals surface area contributed by atoms with Crippen LogP contribution in [0.5, 0.6) is 5.75 Å². The number of rotatable bonds is 4. The van der Waals surface area contributed by atoms with Gasteiger partial charge in [0.25, 0.3) is 0 Å². The highest BCUT2D eigenvalue weighted by Gasteiger charge is 2.24. The van der Waals surface area contributed by atoms with Gasteiger partial charge in [0.15, 0.2) is 16.5 Å². The third-order valence-electron chi connectivity index (χ3n) is 2.91. The number of hydrogen-bond acceptors (Lipinski definition) is 6. The first-order valence-electron chi connectivity index (χ1n) is 6.30. The number of fused-ring (bicyclic) bond motifs is 1. The molecule has 0 fully saturated rings. The number of benzene rings is 1. The van der Waals surface area contributed by atoms with Crippen LogP contribution in [0.2, 0.25) is 5.02 Å². The molecule has 3 rings (SSSR count). The molecule has 0 aliphatic rings. The third-order valence-corrected chi connectivity index (χ3v) is 5.01. The van der Waals surface area contributed by atoms with Gasteiger partial charge in [0, 0.05) is 6.20 Å². The van der Waals surface area contributed by atoms with E-state index in [-0.39, 0.29) is 6.61 Å². The highest BCUT2D eigenvalue weighted by molar-refractivity contribution is 7.89. The molecule has 0 aliphatic heterocycles. The minimum atomic E-state index is -4.56. The number of aromatic nitrogens is 2. The van der Waals surface area contributed by atoms with Crippen molar-refractivity contribution < 1.29 is 21.9 Å². The van der Waals surface area contributed by atoms with Gasteiger partial charge in [-0.25, -0.2) is 32.3 Å². The normalized spacial score (nSPS) is 11.8. The minimum absolute atomic E-state index is 0.161. The van der Waals surface area contributed by atoms with Gasteiger partial charge in [0.1, 0.15) is 27.8 Å². The van der Waals surface area contributed by atoms with E-state index < -0.39 is 32.3 Å². The van der Waals surface area contributed by atoms with Crippen molar-refractivity contribution in [1.29, 1.82) is 0 Å². The summed E-state index contributed by atoms with van der Waals surface area (Å²) >= 11 is 7.01. The molecular weight excluding hydrogens is 384 g/mol. The Kier molecular flexibility index (Phi) is 4.38. The lowest BCUT2D eigenvalue weighted by Gasteiger charge is -2.08. The number of primary sulfonamides is 1. The number of nitrogens with zero attached hydrogens (tertiary/aromatic N) is 2. The summed E-state index contributed by atoms with van der Waals surface area (Å²) in [7, 11) is -4.56. The monoisotopic (exact) mass is 391 g/mol. The highest BCUT2D eigenvalue weighted by atomic mass is 35.5. The molecule has 126 valence electrons. The number of halogens is 3. The lowest BCUT2D eigenvalue weighted by molar-refractivity contribution is 0.285. The van der Waals surface area contributed by atoms with E-state index in [1.54, 1.807) is 6.07 Å². The van der Waals surface area contributed by atoms with E-state index in [2.05, 4.69) is 9.97 Å². The quantitative estimate of drug-likeness (QED) is 0.737. The van der Waals surface area contributed by atoms with Crippen LogP contribution in [0.25, 0.3) is 10.3 Å². The summed E-state index contributed by atoms with van der Waals surface area (Å²) in [5.41, 5.74) is 0.552. The second kappa shape index (κ2) is 6.20. The van der Waals surface area contributed by atoms with Crippen molar-refractivity contribution >= 4 is 43.3 Å². The number of ether oxygens (including phenoxy) is 1. The number of hydrogen-bond donors (Lipinski definition) is 1. The van der Waals surface area contributed by atoms with Crippen molar-refractivity contribution in [3.05, 3.63) is 46.1 Å². The maximum atomic E-state index is 14.1. The van der Waals surface area contributed by atoms with Gasteiger partial charge in [-0.05, 0) is 18.2 Å². The summed E-state index contributed by atoms with van der Waals surface area (Å²) in [6.45, 7) is -0.161. The molecule has 0 atom stereocenters. The molecule has 0 unspecified atom stereocenters. The van der Waals surface area contributed by atoms with Crippen molar-refractivity contribution in [2.24, 2.45) is 5.14 Å². The average molecular weight is 392 g/mol. The number of sulfonamides is 1. The molecule has 0 radical (unpaired) electrons. The Morgan fingerprint density at radius 2 is 2.08 bits per heavy atom. The lowest BCUT2D eigenvalue weighted by Crippen LogP contribution is -2.16. The fourth-order valence-electron chi connectivity index (χ4n) is 1.93. The Labute approximate surface area is 143 Å². The lowest BCUT2D eigenvalue weighted by atomic mass is 10.3. The minimum Gasteiger partial charge on any atom is -0.483 e. The van der Waals surface area contributed by atoms with E-state index in [4.69, 9.17) is 21.5 Å². The summed E-state index contributed by atoms with van der Waals surface area (Å²) in [4.78, 5) is 7.67. The first kappa shape index (κ1) is 17.0. The summed E-state index contributed by atoms with van der Waals surface area (Å²) in [5.74, 6) is -3.13. The van der Waals surface area contributed by atoms with Crippen molar-refractivity contribution in [2.45, 2.75) is 11.5 Å². The molecule has 0 spiro atoms. The molecule has 2 aromatic heterocycles. The molecule has 2 N–H and O–H groups in total. The van der Waals surface area contributed by atoms with Crippen LogP contribution in [0.3, 0.4) is 0 Å². The summed E-state index contributed by atoms with van der Waals surface area (Å²) in [6, 6.07) is 3.35. The predicted molar refractivity (Wildman–Crippen MR) is 84.5 cm³/mol. The topological polar surface area (TPSA) is 95.2 Å². The molecule has 0 saturated carbocycles. The second-order valence-corrected chi connectivity index (χ2v) is 7.60. The van der Waals surface area contributed by atoms with Crippen molar-refractivity contribution in [3.8, 4) is 5.75 Å². The van der Waals surface area contributed by atoms with Gasteiger partial charge < -0.3 is 4.74 Å². The van der Waals surface area contributed by atoms with Gasteiger partial charge >= 0.3 is 0 Å². The van der Waals surface area contributed by atoms with Crippen molar-refractivity contribution in [3.63, 3.8) is 0 Å². The maximum Gasteiger partial charge on any atom is 0.244 e. The van der Waals surface area contributed by atoms with Gasteiger partial charge in [0.05, 0.1) is 5.02 Å². The molecule has 0 bridgehead atoms. The van der Waals surface area contributed by atoms with Crippen LogP contribution in [0.15, 0.2) is 29.3 Å². The van der Waals surface area contributed by atoms with Gasteiger partial charge in [-0.15, -0.1) is 0 Å². The summed E-state index contributed by atoms with van der Waals surface area (Å²) in [6.07, 6.45) is 1.46. The van der Waals surface area contributed by atoms with Gasteiger partial charge in [-0.3, -0.25) is 0 Å². The van der Waals surface area contributed by atoms with Gasteiger partial charge in [-0.1, -0.05) is 22.9 Å². The molecule has 6 nitrogen and oxygen atoms in total. The summed E-state index contributed by atoms with van der Waals surface area (Å²) < 4.78 is 55.3. The first-order valence-corrected chi connectivity index (χ1v) is 9.04. The van der Waals surface area contributed by atoms with E-state index in [9.17, 15) is 17.2 Å². The van der Waals surface area contributed by atoms with Gasteiger partial charge in [0.2, 0.25) is 10.0 Å². The van der Waals surface area contributed by atoms with E-state index in [0.717, 1.165) is 12.1 Å². The molecule has 11 heteroatoms. The standard InChI is InChI=1S/C13H8ClF2N3O3S2/c14-6-3-8-13(18-4-6)23-10(19-8)5-22-9-2-1-7(15)12(11(9)16)24(17,20)21/h1-4H,5H2,(H2,17,20,21). The molecular formula is C13H8ClF2N3O3S2. The molecule has 0 amide bonds. The molecule has 0 aliphatic carbocycles. The van der Waals surface area contributed by atoms with Crippen LogP contribution < -0.4 is 9.88 Å². The predicted octanol–water partition coefficient (Wildman–Crippen LogP) is 2.85. The van der Waals surface area contributed by atoms with Crippen LogP contribution in [-0.4, -0.2) is 18.4 Å². The largest absolute Gasteiger partial charge is 0.483 e. The van der Waals surface area contributed by atoms with Crippen LogP contribution in [0, 0.1) is 11.6 Å². The molecule has 0 saturated heterocycles. The zero-order chi connectivity index (χ0) is 17.5. The van der Waals surface area contributed by atoms with E-state index >= 15 is 0 Å². The fraction of sp³-hybridized carbons (Fsp3) is 0.0769. The van der Waals surface area contributed by atoms with Crippen LogP contribution >= 0.6 is 22.9 Å². The molecule has 3 aromatic rings. The molecule has 2 heterocycles. The van der Waals surface area contributed by atoms with E-state index in [0.29, 0.717) is 20.4 Å². The third kappa shape index (κ3) is 3.31. The van der Waals surface area contributed by atoms with E-state index in [1.807, 2.05) is 0 Å². The smallest absolute Gasteiger partial charge is 0.244 e. The Bertz CT molecular complexity index is 1040. The maximum absolute atomic E-state index is 14.1. The summed E-state index contributed by atoms with van der Waals surface area (Å²) in [5, 5.41) is 5.68. The van der Waals surface area contributed by atoms with Gasteiger partial charge in [-0.2, -0.15) is 0 Å². The van der Waals surface area contributed by atoms with E-state index in [1.165, 1.54) is 17.5 Å². The average Bonchev–Trinajstić information content (AvgIpc) is 2.87. The second-order valence-electron chi connectivity index (χ2n) is 4.61. The van der Waals surface area contributed by atoms with Crippen molar-refractivity contribution in [1.82, 2.24) is 9.97 Å².